The summed E-state index contributed by atoms with van der Waals surface area (Å²) in [6, 6.07) is 8.95. The van der Waals surface area contributed by atoms with Crippen LogP contribution in [0.1, 0.15) is 10.5 Å². The molecule has 0 bridgehead atoms. The van der Waals surface area contributed by atoms with Gasteiger partial charge in [-0.05, 0) is 36.4 Å². The zero-order chi connectivity index (χ0) is 18.7. The van der Waals surface area contributed by atoms with Gasteiger partial charge >= 0.3 is 0 Å². The van der Waals surface area contributed by atoms with Gasteiger partial charge in [0.1, 0.15) is 17.4 Å². The molecule has 0 aliphatic carbocycles. The van der Waals surface area contributed by atoms with Crippen molar-refractivity contribution in [2.24, 2.45) is 0 Å². The Morgan fingerprint density at radius 2 is 1.96 bits per heavy atom. The van der Waals surface area contributed by atoms with E-state index in [9.17, 15) is 13.6 Å². The van der Waals surface area contributed by atoms with Gasteiger partial charge in [0.15, 0.2) is 12.4 Å². The molecular formula is C17H11Cl2F2N3O2. The standard InChI is InChI=1S/C17H11Cl2F2N3O2/c18-10-1-4-16(12(19)7-10)26-9-24-6-5-14(23-24)17(25)22-15-8-11(20)2-3-13(15)21/h1-8H,9H2,(H,22,25). The van der Waals surface area contributed by atoms with Gasteiger partial charge in [0.05, 0.1) is 10.7 Å². The fraction of sp³-hybridized carbons (Fsp3) is 0.0588. The zero-order valence-electron chi connectivity index (χ0n) is 13.0. The van der Waals surface area contributed by atoms with E-state index >= 15 is 0 Å². The van der Waals surface area contributed by atoms with Gasteiger partial charge < -0.3 is 10.1 Å². The predicted octanol–water partition coefficient (Wildman–Crippen LogP) is 4.76. The molecule has 1 aromatic heterocycles. The maximum absolute atomic E-state index is 13.6. The van der Waals surface area contributed by atoms with Crippen molar-refractivity contribution in [3.63, 3.8) is 0 Å². The molecule has 1 heterocycles. The first-order chi connectivity index (χ1) is 12.4. The Bertz CT molecular complexity index is 963. The van der Waals surface area contributed by atoms with Crippen LogP contribution in [0.5, 0.6) is 5.75 Å². The van der Waals surface area contributed by atoms with Crippen molar-refractivity contribution in [1.29, 1.82) is 0 Å². The van der Waals surface area contributed by atoms with Crippen LogP contribution in [0, 0.1) is 11.6 Å². The fourth-order valence-corrected chi connectivity index (χ4v) is 2.53. The van der Waals surface area contributed by atoms with Crippen LogP contribution in [-0.4, -0.2) is 15.7 Å². The molecule has 0 saturated heterocycles. The number of aromatic nitrogens is 2. The molecule has 1 amide bonds. The molecule has 26 heavy (non-hydrogen) atoms. The molecule has 1 N–H and O–H groups in total. The van der Waals surface area contributed by atoms with Crippen molar-refractivity contribution in [3.05, 3.63) is 76.0 Å². The van der Waals surface area contributed by atoms with E-state index in [0.717, 1.165) is 18.2 Å². The Balaban J connectivity index is 1.65. The number of anilines is 1. The Labute approximate surface area is 157 Å². The van der Waals surface area contributed by atoms with Crippen LogP contribution in [0.4, 0.5) is 14.5 Å². The first-order valence-electron chi connectivity index (χ1n) is 7.30. The second kappa shape index (κ2) is 7.72. The summed E-state index contributed by atoms with van der Waals surface area (Å²) in [6.07, 6.45) is 1.50. The van der Waals surface area contributed by atoms with Crippen LogP contribution in [0.15, 0.2) is 48.7 Å². The summed E-state index contributed by atoms with van der Waals surface area (Å²) < 4.78 is 33.6. The van der Waals surface area contributed by atoms with Gasteiger partial charge in [0.25, 0.3) is 5.91 Å². The van der Waals surface area contributed by atoms with Crippen molar-refractivity contribution in [1.82, 2.24) is 9.78 Å². The largest absolute Gasteiger partial charge is 0.470 e. The van der Waals surface area contributed by atoms with Crippen LogP contribution in [-0.2, 0) is 6.73 Å². The highest BCUT2D eigenvalue weighted by Gasteiger charge is 2.13. The molecule has 134 valence electrons. The molecule has 3 rings (SSSR count). The van der Waals surface area contributed by atoms with E-state index in [1.54, 1.807) is 12.1 Å². The van der Waals surface area contributed by atoms with Crippen LogP contribution < -0.4 is 10.1 Å². The molecule has 0 fully saturated rings. The van der Waals surface area contributed by atoms with Crippen molar-refractivity contribution in [3.8, 4) is 5.75 Å². The second-order valence-electron chi connectivity index (χ2n) is 5.17. The number of hydrogen-bond acceptors (Lipinski definition) is 3. The van der Waals surface area contributed by atoms with Crippen molar-refractivity contribution in [2.45, 2.75) is 6.73 Å². The highest BCUT2D eigenvalue weighted by atomic mass is 35.5. The van der Waals surface area contributed by atoms with Gasteiger partial charge in [-0.15, -0.1) is 0 Å². The third-order valence-electron chi connectivity index (χ3n) is 3.30. The molecule has 0 unspecified atom stereocenters. The molecule has 9 heteroatoms. The molecule has 0 spiro atoms. The number of carbonyl (C=O) groups is 1. The number of ether oxygens (including phenoxy) is 1. The zero-order valence-corrected chi connectivity index (χ0v) is 14.6. The number of nitrogens with one attached hydrogen (secondary N) is 1. The van der Waals surface area contributed by atoms with E-state index in [-0.39, 0.29) is 18.1 Å². The summed E-state index contributed by atoms with van der Waals surface area (Å²) in [6.45, 7) is -0.0110. The number of carbonyl (C=O) groups excluding carboxylic acids is 1. The third kappa shape index (κ3) is 4.30. The molecular weight excluding hydrogens is 387 g/mol. The summed E-state index contributed by atoms with van der Waals surface area (Å²) in [4.78, 5) is 12.1. The molecule has 3 aromatic rings. The Morgan fingerprint density at radius 1 is 1.15 bits per heavy atom. The van der Waals surface area contributed by atoms with Crippen LogP contribution >= 0.6 is 23.2 Å². The first kappa shape index (κ1) is 18.2. The van der Waals surface area contributed by atoms with Crippen LogP contribution in [0.25, 0.3) is 0 Å². The first-order valence-corrected chi connectivity index (χ1v) is 8.05. The Hall–Kier alpha value is -2.64. The minimum atomic E-state index is -0.750. The SMILES string of the molecule is O=C(Nc1cc(F)ccc1F)c1ccn(COc2ccc(Cl)cc2Cl)n1. The molecule has 2 aromatic carbocycles. The van der Waals surface area contributed by atoms with Crippen LogP contribution in [0.3, 0.4) is 0 Å². The average Bonchev–Trinajstić information content (AvgIpc) is 3.06. The molecule has 0 aliphatic rings. The molecule has 5 nitrogen and oxygen atoms in total. The lowest BCUT2D eigenvalue weighted by molar-refractivity contribution is 0.101. The number of halogens is 4. The number of hydrogen-bond donors (Lipinski definition) is 1. The quantitative estimate of drug-likeness (QED) is 0.675. The number of amides is 1. The molecule has 0 radical (unpaired) electrons. The topological polar surface area (TPSA) is 56.2 Å². The van der Waals surface area contributed by atoms with Gasteiger partial charge in [-0.3, -0.25) is 4.79 Å². The summed E-state index contributed by atoms with van der Waals surface area (Å²) in [5.74, 6) is -1.70. The van der Waals surface area contributed by atoms with Crippen molar-refractivity contribution < 1.29 is 18.3 Å². The van der Waals surface area contributed by atoms with Gasteiger partial charge in [-0.1, -0.05) is 23.2 Å². The lowest BCUT2D eigenvalue weighted by atomic mass is 10.3. The highest BCUT2D eigenvalue weighted by molar-refractivity contribution is 6.35. The fourth-order valence-electron chi connectivity index (χ4n) is 2.06. The van der Waals surface area contributed by atoms with Gasteiger partial charge in [0, 0.05) is 17.3 Å². The number of rotatable bonds is 5. The maximum Gasteiger partial charge on any atom is 0.276 e. The van der Waals surface area contributed by atoms with Gasteiger partial charge in [0.2, 0.25) is 0 Å². The minimum absolute atomic E-state index is 0.0110. The van der Waals surface area contributed by atoms with E-state index in [2.05, 4.69) is 10.4 Å². The monoisotopic (exact) mass is 397 g/mol. The van der Waals surface area contributed by atoms with E-state index in [1.807, 2.05) is 0 Å². The van der Waals surface area contributed by atoms with E-state index in [4.69, 9.17) is 27.9 Å². The van der Waals surface area contributed by atoms with Gasteiger partial charge in [-0.25, -0.2) is 13.5 Å². The summed E-state index contributed by atoms with van der Waals surface area (Å²) in [7, 11) is 0. The van der Waals surface area contributed by atoms with Gasteiger partial charge in [-0.2, -0.15) is 5.10 Å². The molecule has 0 aliphatic heterocycles. The lowest BCUT2D eigenvalue weighted by Crippen LogP contribution is -2.15. The predicted molar refractivity (Wildman–Crippen MR) is 93.6 cm³/mol. The second-order valence-corrected chi connectivity index (χ2v) is 6.01. The van der Waals surface area contributed by atoms with E-state index in [0.29, 0.717) is 15.8 Å². The summed E-state index contributed by atoms with van der Waals surface area (Å²) >= 11 is 11.8. The molecule has 0 atom stereocenters. The van der Waals surface area contributed by atoms with E-state index in [1.165, 1.54) is 23.0 Å². The van der Waals surface area contributed by atoms with E-state index < -0.39 is 17.5 Å². The maximum atomic E-state index is 13.6. The molecule has 0 saturated carbocycles. The Morgan fingerprint density at radius 3 is 2.73 bits per heavy atom. The van der Waals surface area contributed by atoms with Crippen molar-refractivity contribution in [2.75, 3.05) is 5.32 Å². The number of benzene rings is 2. The Kier molecular flexibility index (Phi) is 5.39. The summed E-state index contributed by atoms with van der Waals surface area (Å²) in [5.41, 5.74) is -0.256. The van der Waals surface area contributed by atoms with Crippen LogP contribution in [0.2, 0.25) is 10.0 Å². The lowest BCUT2D eigenvalue weighted by Gasteiger charge is -2.08. The smallest absolute Gasteiger partial charge is 0.276 e. The highest BCUT2D eigenvalue weighted by Crippen LogP contribution is 2.27. The third-order valence-corrected chi connectivity index (χ3v) is 3.83. The minimum Gasteiger partial charge on any atom is -0.470 e. The normalized spacial score (nSPS) is 10.6. The van der Waals surface area contributed by atoms with Crippen molar-refractivity contribution >= 4 is 34.8 Å². The number of nitrogens with zero attached hydrogens (tertiary/aromatic N) is 2. The summed E-state index contributed by atoms with van der Waals surface area (Å²) in [5, 5.41) is 7.09. The average molecular weight is 398 g/mol.